The van der Waals surface area contributed by atoms with Crippen molar-refractivity contribution in [2.45, 2.75) is 32.6 Å². The van der Waals surface area contributed by atoms with Gasteiger partial charge in [0.2, 0.25) is 0 Å². The molecule has 0 aliphatic heterocycles. The molecule has 0 aliphatic rings. The van der Waals surface area contributed by atoms with Crippen molar-refractivity contribution >= 4 is 15.9 Å². The molecule has 0 aliphatic carbocycles. The molecule has 21 heavy (non-hydrogen) atoms. The van der Waals surface area contributed by atoms with Crippen molar-refractivity contribution in [3.05, 3.63) is 71.8 Å². The van der Waals surface area contributed by atoms with Crippen LogP contribution in [0.2, 0.25) is 0 Å². The van der Waals surface area contributed by atoms with Crippen LogP contribution in [0.15, 0.2) is 60.7 Å². The monoisotopic (exact) mass is 344 g/mol. The Kier molecular flexibility index (Phi) is 7.02. The van der Waals surface area contributed by atoms with Crippen LogP contribution in [0.1, 0.15) is 30.9 Å². The first kappa shape index (κ1) is 16.3. The Hall–Kier alpha value is -1.08. The molecule has 0 heterocycles. The van der Waals surface area contributed by atoms with Crippen molar-refractivity contribution in [1.82, 2.24) is 0 Å². The van der Waals surface area contributed by atoms with Crippen LogP contribution in [0.25, 0.3) is 0 Å². The number of rotatable bonds is 8. The molecular weight excluding hydrogens is 320 g/mol. The van der Waals surface area contributed by atoms with Crippen LogP contribution < -0.4 is 0 Å². The van der Waals surface area contributed by atoms with Crippen molar-refractivity contribution in [2.75, 3.05) is 5.33 Å². The summed E-state index contributed by atoms with van der Waals surface area (Å²) in [6, 6.07) is 21.7. The molecule has 2 unspecified atom stereocenters. The zero-order valence-electron chi connectivity index (χ0n) is 12.8. The first-order valence-corrected chi connectivity index (χ1v) is 9.04. The van der Waals surface area contributed by atoms with Crippen LogP contribution in [0.5, 0.6) is 0 Å². The van der Waals surface area contributed by atoms with Crippen molar-refractivity contribution in [3.8, 4) is 0 Å². The van der Waals surface area contributed by atoms with E-state index in [1.54, 1.807) is 0 Å². The van der Waals surface area contributed by atoms with Gasteiger partial charge in [-0.25, -0.2) is 0 Å². The maximum absolute atomic E-state index is 3.69. The van der Waals surface area contributed by atoms with E-state index in [4.69, 9.17) is 0 Å². The third-order valence-electron chi connectivity index (χ3n) is 4.08. The molecule has 0 saturated carbocycles. The van der Waals surface area contributed by atoms with Crippen LogP contribution in [0, 0.1) is 11.8 Å². The molecule has 0 aromatic heterocycles. The van der Waals surface area contributed by atoms with Gasteiger partial charge in [0.1, 0.15) is 0 Å². The average Bonchev–Trinajstić information content (AvgIpc) is 2.53. The molecule has 2 atom stereocenters. The van der Waals surface area contributed by atoms with Crippen molar-refractivity contribution in [3.63, 3.8) is 0 Å². The van der Waals surface area contributed by atoms with Crippen LogP contribution >= 0.6 is 15.9 Å². The van der Waals surface area contributed by atoms with Crippen LogP contribution in [-0.2, 0) is 12.8 Å². The highest BCUT2D eigenvalue weighted by Crippen LogP contribution is 2.21. The molecule has 2 aromatic carbocycles. The molecule has 2 aromatic rings. The molecule has 1 heteroatoms. The smallest absolute Gasteiger partial charge is 0.00628 e. The standard InChI is InChI=1S/C20H25Br/c1-17(14-18-8-4-2-5-9-18)12-13-20(16-21)15-19-10-6-3-7-11-19/h2-11,17,20H,12-16H2,1H3. The fraction of sp³-hybridized carbons (Fsp3) is 0.400. The van der Waals surface area contributed by atoms with Gasteiger partial charge < -0.3 is 0 Å². The summed E-state index contributed by atoms with van der Waals surface area (Å²) in [5.41, 5.74) is 2.92. The summed E-state index contributed by atoms with van der Waals surface area (Å²) >= 11 is 3.69. The molecule has 0 saturated heterocycles. The minimum absolute atomic E-state index is 0.741. The summed E-state index contributed by atoms with van der Waals surface area (Å²) in [4.78, 5) is 0. The normalized spacial score (nSPS) is 13.8. The largest absolute Gasteiger partial charge is 0.0925 e. The van der Waals surface area contributed by atoms with Crippen LogP contribution in [-0.4, -0.2) is 5.33 Å². The fourth-order valence-electron chi connectivity index (χ4n) is 2.82. The Balaban J connectivity index is 1.77. The average molecular weight is 345 g/mol. The molecule has 0 radical (unpaired) electrons. The Bertz CT molecular complexity index is 492. The number of hydrogen-bond acceptors (Lipinski definition) is 0. The first-order valence-electron chi connectivity index (χ1n) is 7.91. The zero-order chi connectivity index (χ0) is 14.9. The second kappa shape index (κ2) is 9.04. The lowest BCUT2D eigenvalue weighted by Crippen LogP contribution is -2.09. The summed E-state index contributed by atoms with van der Waals surface area (Å²) in [5, 5.41) is 1.10. The minimum atomic E-state index is 0.741. The highest BCUT2D eigenvalue weighted by molar-refractivity contribution is 9.09. The van der Waals surface area contributed by atoms with Crippen LogP contribution in [0.4, 0.5) is 0 Å². The van der Waals surface area contributed by atoms with Gasteiger partial charge in [-0.15, -0.1) is 0 Å². The number of halogens is 1. The predicted octanol–water partition coefficient (Wildman–Crippen LogP) is 5.90. The van der Waals surface area contributed by atoms with E-state index in [9.17, 15) is 0 Å². The predicted molar refractivity (Wildman–Crippen MR) is 96.0 cm³/mol. The van der Waals surface area contributed by atoms with E-state index in [1.165, 1.54) is 36.8 Å². The number of benzene rings is 2. The second-order valence-electron chi connectivity index (χ2n) is 6.08. The van der Waals surface area contributed by atoms with E-state index >= 15 is 0 Å². The molecule has 0 bridgehead atoms. The third-order valence-corrected chi connectivity index (χ3v) is 5.00. The molecule has 0 N–H and O–H groups in total. The summed E-state index contributed by atoms with van der Waals surface area (Å²) in [7, 11) is 0. The van der Waals surface area contributed by atoms with Gasteiger partial charge in [-0.1, -0.05) is 89.9 Å². The Labute approximate surface area is 137 Å². The summed E-state index contributed by atoms with van der Waals surface area (Å²) in [6.45, 7) is 2.38. The minimum Gasteiger partial charge on any atom is -0.0925 e. The summed E-state index contributed by atoms with van der Waals surface area (Å²) in [6.07, 6.45) is 4.98. The van der Waals surface area contributed by atoms with Gasteiger partial charge in [0.05, 0.1) is 0 Å². The molecule has 0 nitrogen and oxygen atoms in total. The van der Waals surface area contributed by atoms with Gasteiger partial charge in [0, 0.05) is 5.33 Å². The number of alkyl halides is 1. The van der Waals surface area contributed by atoms with Crippen LogP contribution in [0.3, 0.4) is 0 Å². The first-order chi connectivity index (χ1) is 10.3. The van der Waals surface area contributed by atoms with Gasteiger partial charge in [0.25, 0.3) is 0 Å². The van der Waals surface area contributed by atoms with Gasteiger partial charge in [0.15, 0.2) is 0 Å². The van der Waals surface area contributed by atoms with E-state index in [-0.39, 0.29) is 0 Å². The van der Waals surface area contributed by atoms with Crippen molar-refractivity contribution in [1.29, 1.82) is 0 Å². The quantitative estimate of drug-likeness (QED) is 0.523. The van der Waals surface area contributed by atoms with E-state index in [1.807, 2.05) is 0 Å². The lowest BCUT2D eigenvalue weighted by atomic mass is 9.90. The molecule has 2 rings (SSSR count). The van der Waals surface area contributed by atoms with E-state index in [2.05, 4.69) is 83.5 Å². The summed E-state index contributed by atoms with van der Waals surface area (Å²) < 4.78 is 0. The van der Waals surface area contributed by atoms with E-state index < -0.39 is 0 Å². The summed E-state index contributed by atoms with van der Waals surface area (Å²) in [5.74, 6) is 1.50. The second-order valence-corrected chi connectivity index (χ2v) is 6.73. The zero-order valence-corrected chi connectivity index (χ0v) is 14.4. The molecule has 112 valence electrons. The maximum atomic E-state index is 3.69. The van der Waals surface area contributed by atoms with Crippen molar-refractivity contribution in [2.24, 2.45) is 11.8 Å². The molecule has 0 spiro atoms. The highest BCUT2D eigenvalue weighted by Gasteiger charge is 2.11. The lowest BCUT2D eigenvalue weighted by Gasteiger charge is -2.17. The van der Waals surface area contributed by atoms with Gasteiger partial charge >= 0.3 is 0 Å². The van der Waals surface area contributed by atoms with Gasteiger partial charge in [-0.2, -0.15) is 0 Å². The lowest BCUT2D eigenvalue weighted by molar-refractivity contribution is 0.433. The van der Waals surface area contributed by atoms with E-state index in [0.29, 0.717) is 0 Å². The maximum Gasteiger partial charge on any atom is 0.00628 e. The number of hydrogen-bond donors (Lipinski definition) is 0. The van der Waals surface area contributed by atoms with E-state index in [0.717, 1.165) is 17.2 Å². The third kappa shape index (κ3) is 6.05. The Morgan fingerprint density at radius 3 is 1.81 bits per heavy atom. The highest BCUT2D eigenvalue weighted by atomic mass is 79.9. The molecule has 0 amide bonds. The SMILES string of the molecule is CC(CCC(CBr)Cc1ccccc1)Cc1ccccc1. The molecular formula is C20H25Br. The van der Waals surface area contributed by atoms with Crippen molar-refractivity contribution < 1.29 is 0 Å². The van der Waals surface area contributed by atoms with Gasteiger partial charge in [-0.3, -0.25) is 0 Å². The molecule has 0 fully saturated rings. The fourth-order valence-corrected chi connectivity index (χ4v) is 3.37. The van der Waals surface area contributed by atoms with Gasteiger partial charge in [-0.05, 0) is 42.2 Å². The Morgan fingerprint density at radius 1 is 0.762 bits per heavy atom. The Morgan fingerprint density at radius 2 is 1.29 bits per heavy atom. The topological polar surface area (TPSA) is 0 Å².